The number of hydrogen-bond donors (Lipinski definition) is 1. The predicted octanol–water partition coefficient (Wildman–Crippen LogP) is 3.19. The van der Waals surface area contributed by atoms with Crippen molar-refractivity contribution in [3.63, 3.8) is 0 Å². The number of rotatable bonds is 4. The SMILES string of the molecule is COc1c(C)cnc(CC2(CO)CCCCC2)c1C. The monoisotopic (exact) mass is 263 g/mol. The number of methoxy groups -OCH3 is 1. The van der Waals surface area contributed by atoms with Gasteiger partial charge in [-0.2, -0.15) is 0 Å². The molecule has 1 aliphatic rings. The molecule has 1 saturated carbocycles. The van der Waals surface area contributed by atoms with E-state index in [1.807, 2.05) is 13.1 Å². The lowest BCUT2D eigenvalue weighted by atomic mass is 9.71. The quantitative estimate of drug-likeness (QED) is 0.907. The first-order valence-corrected chi connectivity index (χ1v) is 7.22. The minimum absolute atomic E-state index is 0.0380. The molecule has 0 saturated heterocycles. The zero-order valence-electron chi connectivity index (χ0n) is 12.3. The number of hydrogen-bond acceptors (Lipinski definition) is 3. The van der Waals surface area contributed by atoms with Crippen LogP contribution in [0.3, 0.4) is 0 Å². The van der Waals surface area contributed by atoms with Gasteiger partial charge in [0.15, 0.2) is 0 Å². The van der Waals surface area contributed by atoms with Crippen LogP contribution in [0, 0.1) is 19.3 Å². The number of ether oxygens (including phenoxy) is 1. The Hall–Kier alpha value is -1.09. The zero-order chi connectivity index (χ0) is 13.9. The Balaban J connectivity index is 2.27. The molecule has 2 rings (SSSR count). The maximum Gasteiger partial charge on any atom is 0.128 e. The minimum Gasteiger partial charge on any atom is -0.496 e. The third kappa shape index (κ3) is 2.92. The fraction of sp³-hybridized carbons (Fsp3) is 0.688. The molecular weight excluding hydrogens is 238 g/mol. The normalized spacial score (nSPS) is 18.3. The van der Waals surface area contributed by atoms with Crippen LogP contribution in [0.25, 0.3) is 0 Å². The van der Waals surface area contributed by atoms with E-state index in [1.165, 1.54) is 19.3 Å². The van der Waals surface area contributed by atoms with Crippen molar-refractivity contribution >= 4 is 0 Å². The van der Waals surface area contributed by atoms with Crippen molar-refractivity contribution in [2.75, 3.05) is 13.7 Å². The van der Waals surface area contributed by atoms with Crippen LogP contribution in [0.1, 0.15) is 48.9 Å². The van der Waals surface area contributed by atoms with Crippen molar-refractivity contribution in [2.45, 2.75) is 52.4 Å². The van der Waals surface area contributed by atoms with Gasteiger partial charge < -0.3 is 9.84 Å². The number of aliphatic hydroxyl groups is 1. The molecule has 3 heteroatoms. The lowest BCUT2D eigenvalue weighted by Gasteiger charge is -2.35. The van der Waals surface area contributed by atoms with Crippen molar-refractivity contribution in [1.82, 2.24) is 4.98 Å². The van der Waals surface area contributed by atoms with E-state index >= 15 is 0 Å². The van der Waals surface area contributed by atoms with E-state index < -0.39 is 0 Å². The first-order valence-electron chi connectivity index (χ1n) is 7.22. The molecule has 19 heavy (non-hydrogen) atoms. The third-order valence-electron chi connectivity index (χ3n) is 4.54. The third-order valence-corrected chi connectivity index (χ3v) is 4.54. The van der Waals surface area contributed by atoms with Crippen molar-refractivity contribution in [3.8, 4) is 5.75 Å². The molecule has 0 unspecified atom stereocenters. The summed E-state index contributed by atoms with van der Waals surface area (Å²) < 4.78 is 5.47. The molecule has 1 aromatic heterocycles. The number of aliphatic hydroxyl groups excluding tert-OH is 1. The highest BCUT2D eigenvalue weighted by Crippen LogP contribution is 2.40. The summed E-state index contributed by atoms with van der Waals surface area (Å²) in [5, 5.41) is 9.82. The predicted molar refractivity (Wildman–Crippen MR) is 76.6 cm³/mol. The second-order valence-electron chi connectivity index (χ2n) is 5.94. The van der Waals surface area contributed by atoms with E-state index in [1.54, 1.807) is 7.11 Å². The Bertz CT molecular complexity index is 437. The van der Waals surface area contributed by atoms with Crippen LogP contribution in [-0.4, -0.2) is 23.8 Å². The van der Waals surface area contributed by atoms with Crippen LogP contribution in [0.5, 0.6) is 5.75 Å². The molecule has 1 heterocycles. The van der Waals surface area contributed by atoms with Gasteiger partial charge in [-0.15, -0.1) is 0 Å². The van der Waals surface area contributed by atoms with Crippen LogP contribution in [0.4, 0.5) is 0 Å². The molecule has 0 bridgehead atoms. The van der Waals surface area contributed by atoms with Gasteiger partial charge in [-0.1, -0.05) is 19.3 Å². The van der Waals surface area contributed by atoms with Gasteiger partial charge in [0.1, 0.15) is 5.75 Å². The summed E-state index contributed by atoms with van der Waals surface area (Å²) in [5.41, 5.74) is 3.32. The molecule has 1 N–H and O–H groups in total. The highest BCUT2D eigenvalue weighted by molar-refractivity contribution is 5.41. The van der Waals surface area contributed by atoms with Crippen LogP contribution in [-0.2, 0) is 6.42 Å². The van der Waals surface area contributed by atoms with Crippen LogP contribution in [0.2, 0.25) is 0 Å². The zero-order valence-corrected chi connectivity index (χ0v) is 12.3. The average molecular weight is 263 g/mol. The lowest BCUT2D eigenvalue weighted by molar-refractivity contribution is 0.0811. The molecule has 0 aliphatic heterocycles. The summed E-state index contributed by atoms with van der Waals surface area (Å²) in [7, 11) is 1.71. The summed E-state index contributed by atoms with van der Waals surface area (Å²) in [6.07, 6.45) is 8.72. The van der Waals surface area contributed by atoms with Gasteiger partial charge in [-0.3, -0.25) is 4.98 Å². The van der Waals surface area contributed by atoms with E-state index in [4.69, 9.17) is 4.74 Å². The topological polar surface area (TPSA) is 42.4 Å². The molecule has 0 radical (unpaired) electrons. The number of aromatic nitrogens is 1. The summed E-state index contributed by atoms with van der Waals surface area (Å²) in [6, 6.07) is 0. The highest BCUT2D eigenvalue weighted by Gasteiger charge is 2.32. The molecule has 1 fully saturated rings. The van der Waals surface area contributed by atoms with Crippen molar-refractivity contribution in [3.05, 3.63) is 23.0 Å². The van der Waals surface area contributed by atoms with E-state index in [-0.39, 0.29) is 12.0 Å². The maximum atomic E-state index is 9.82. The summed E-state index contributed by atoms with van der Waals surface area (Å²) in [5.74, 6) is 0.939. The second-order valence-corrected chi connectivity index (χ2v) is 5.94. The summed E-state index contributed by atoms with van der Waals surface area (Å²) >= 11 is 0. The fourth-order valence-corrected chi connectivity index (χ4v) is 3.30. The van der Waals surface area contributed by atoms with E-state index in [0.29, 0.717) is 0 Å². The standard InChI is InChI=1S/C16H25NO2/c1-12-10-17-14(13(2)15(12)19-3)9-16(11-18)7-5-4-6-8-16/h10,18H,4-9,11H2,1-3H3. The molecule has 106 valence electrons. The number of pyridine rings is 1. The van der Waals surface area contributed by atoms with Gasteiger partial charge in [-0.05, 0) is 38.5 Å². The van der Waals surface area contributed by atoms with Crippen molar-refractivity contribution in [1.29, 1.82) is 0 Å². The molecule has 0 aromatic carbocycles. The Kier molecular flexibility index (Phi) is 4.46. The second kappa shape index (κ2) is 5.91. The van der Waals surface area contributed by atoms with Crippen molar-refractivity contribution in [2.24, 2.45) is 5.41 Å². The molecule has 1 aromatic rings. The maximum absolute atomic E-state index is 9.82. The van der Waals surface area contributed by atoms with E-state index in [9.17, 15) is 5.11 Å². The van der Waals surface area contributed by atoms with Gasteiger partial charge in [0.25, 0.3) is 0 Å². The minimum atomic E-state index is 0.0380. The Morgan fingerprint density at radius 3 is 2.53 bits per heavy atom. The molecular formula is C16H25NO2. The Morgan fingerprint density at radius 1 is 1.26 bits per heavy atom. The van der Waals surface area contributed by atoms with Crippen LogP contribution in [0.15, 0.2) is 6.20 Å². The van der Waals surface area contributed by atoms with Crippen molar-refractivity contribution < 1.29 is 9.84 Å². The van der Waals surface area contributed by atoms with Crippen LogP contribution < -0.4 is 4.74 Å². The number of aryl methyl sites for hydroxylation is 1. The molecule has 1 aliphatic carbocycles. The smallest absolute Gasteiger partial charge is 0.128 e. The van der Waals surface area contributed by atoms with Crippen LogP contribution >= 0.6 is 0 Å². The summed E-state index contributed by atoms with van der Waals surface area (Å²) in [6.45, 7) is 4.36. The first-order chi connectivity index (χ1) is 9.12. The molecule has 0 atom stereocenters. The van der Waals surface area contributed by atoms with Gasteiger partial charge in [0.2, 0.25) is 0 Å². The molecule has 0 amide bonds. The average Bonchev–Trinajstić information content (AvgIpc) is 2.44. The Labute approximate surface area is 116 Å². The molecule has 0 spiro atoms. The fourth-order valence-electron chi connectivity index (χ4n) is 3.30. The van der Waals surface area contributed by atoms with Gasteiger partial charge in [-0.25, -0.2) is 0 Å². The lowest BCUT2D eigenvalue weighted by Crippen LogP contribution is -2.31. The summed E-state index contributed by atoms with van der Waals surface area (Å²) in [4.78, 5) is 4.58. The van der Waals surface area contributed by atoms with Gasteiger partial charge in [0, 0.05) is 29.6 Å². The highest BCUT2D eigenvalue weighted by atomic mass is 16.5. The molecule has 3 nitrogen and oxygen atoms in total. The first kappa shape index (κ1) is 14.3. The van der Waals surface area contributed by atoms with E-state index in [2.05, 4.69) is 11.9 Å². The van der Waals surface area contributed by atoms with E-state index in [0.717, 1.165) is 41.8 Å². The number of nitrogens with zero attached hydrogens (tertiary/aromatic N) is 1. The largest absolute Gasteiger partial charge is 0.496 e. The Morgan fingerprint density at radius 2 is 1.95 bits per heavy atom. The van der Waals surface area contributed by atoms with Gasteiger partial charge in [0.05, 0.1) is 7.11 Å². The van der Waals surface area contributed by atoms with Gasteiger partial charge >= 0.3 is 0 Å².